The smallest absolute Gasteiger partial charge is 0.263 e. The molecular formula is C15H22N2O4S2. The quantitative estimate of drug-likeness (QED) is 0.816. The van der Waals surface area contributed by atoms with Crippen LogP contribution in [0.4, 0.5) is 0 Å². The van der Waals surface area contributed by atoms with E-state index >= 15 is 0 Å². The largest absolute Gasteiger partial charge is 0.380 e. The van der Waals surface area contributed by atoms with Crippen LogP contribution in [0, 0.1) is 5.92 Å². The summed E-state index contributed by atoms with van der Waals surface area (Å²) in [4.78, 5) is 15.1. The van der Waals surface area contributed by atoms with Gasteiger partial charge in [-0.05, 0) is 24.8 Å². The molecule has 6 nitrogen and oxygen atoms in total. The van der Waals surface area contributed by atoms with E-state index in [1.54, 1.807) is 11.2 Å². The highest BCUT2D eigenvalue weighted by Gasteiger charge is 2.40. The number of carbonyl (C=O) groups is 1. The number of ether oxygens (including phenoxy) is 1. The maximum Gasteiger partial charge on any atom is 0.263 e. The summed E-state index contributed by atoms with van der Waals surface area (Å²) >= 11 is 1.44. The summed E-state index contributed by atoms with van der Waals surface area (Å²) in [7, 11) is -3.24. The first-order valence-electron chi connectivity index (χ1n) is 7.93. The van der Waals surface area contributed by atoms with Gasteiger partial charge in [0.1, 0.15) is 0 Å². The van der Waals surface area contributed by atoms with Crippen molar-refractivity contribution >= 4 is 27.3 Å². The van der Waals surface area contributed by atoms with Crippen LogP contribution >= 0.6 is 11.3 Å². The molecule has 0 aromatic carbocycles. The Morgan fingerprint density at radius 2 is 2.26 bits per heavy atom. The minimum Gasteiger partial charge on any atom is -0.380 e. The minimum atomic E-state index is -3.24. The van der Waals surface area contributed by atoms with Crippen LogP contribution in [0.25, 0.3) is 0 Å². The number of hydrogen-bond acceptors (Lipinski definition) is 5. The molecule has 2 aliphatic rings. The SMILES string of the molecule is CCS(=O)(=O)N1CCOC[C@H]2CN(C(=O)c3cccs3)CC[C@H]21. The highest BCUT2D eigenvalue weighted by atomic mass is 32.2. The molecule has 128 valence electrons. The molecule has 0 aliphatic carbocycles. The van der Waals surface area contributed by atoms with Crippen LogP contribution in [0.1, 0.15) is 23.0 Å². The average molecular weight is 358 g/mol. The van der Waals surface area contributed by atoms with Gasteiger partial charge >= 0.3 is 0 Å². The van der Waals surface area contributed by atoms with E-state index in [0.29, 0.717) is 39.3 Å². The van der Waals surface area contributed by atoms with E-state index in [4.69, 9.17) is 4.74 Å². The summed E-state index contributed by atoms with van der Waals surface area (Å²) in [5, 5.41) is 1.89. The fourth-order valence-electron chi connectivity index (χ4n) is 3.37. The number of sulfonamides is 1. The molecule has 1 aromatic heterocycles. The van der Waals surface area contributed by atoms with Crippen molar-refractivity contribution in [2.45, 2.75) is 19.4 Å². The summed E-state index contributed by atoms with van der Waals surface area (Å²) in [5.74, 6) is 0.178. The van der Waals surface area contributed by atoms with E-state index in [1.165, 1.54) is 11.3 Å². The molecule has 0 saturated carbocycles. The Balaban J connectivity index is 1.76. The molecule has 0 spiro atoms. The highest BCUT2D eigenvalue weighted by molar-refractivity contribution is 7.89. The highest BCUT2D eigenvalue weighted by Crippen LogP contribution is 2.28. The Labute approximate surface area is 141 Å². The zero-order valence-corrected chi connectivity index (χ0v) is 14.8. The lowest BCUT2D eigenvalue weighted by molar-refractivity contribution is 0.0471. The number of rotatable bonds is 3. The molecule has 3 heterocycles. The Kier molecular flexibility index (Phi) is 5.05. The van der Waals surface area contributed by atoms with Gasteiger partial charge in [0.25, 0.3) is 5.91 Å². The van der Waals surface area contributed by atoms with Gasteiger partial charge < -0.3 is 9.64 Å². The van der Waals surface area contributed by atoms with E-state index in [1.807, 2.05) is 22.4 Å². The number of amides is 1. The van der Waals surface area contributed by atoms with Gasteiger partial charge in [0, 0.05) is 31.6 Å². The van der Waals surface area contributed by atoms with Crippen molar-refractivity contribution in [1.29, 1.82) is 0 Å². The van der Waals surface area contributed by atoms with Gasteiger partial charge in [0.2, 0.25) is 10.0 Å². The van der Waals surface area contributed by atoms with Crippen LogP contribution in [0.5, 0.6) is 0 Å². The van der Waals surface area contributed by atoms with Crippen molar-refractivity contribution in [3.05, 3.63) is 22.4 Å². The summed E-state index contributed by atoms with van der Waals surface area (Å²) in [6, 6.07) is 3.64. The van der Waals surface area contributed by atoms with Gasteiger partial charge in [-0.15, -0.1) is 11.3 Å². The molecule has 0 bridgehead atoms. The molecule has 2 aliphatic heterocycles. The Morgan fingerprint density at radius 3 is 2.96 bits per heavy atom. The number of hydrogen-bond donors (Lipinski definition) is 0. The Hall–Kier alpha value is -0.960. The molecular weight excluding hydrogens is 336 g/mol. The lowest BCUT2D eigenvalue weighted by Crippen LogP contribution is -2.54. The van der Waals surface area contributed by atoms with E-state index in [9.17, 15) is 13.2 Å². The van der Waals surface area contributed by atoms with Gasteiger partial charge in [0.15, 0.2) is 0 Å². The summed E-state index contributed by atoms with van der Waals surface area (Å²) in [6.07, 6.45) is 0.671. The zero-order chi connectivity index (χ0) is 16.4. The van der Waals surface area contributed by atoms with E-state index in [2.05, 4.69) is 0 Å². The van der Waals surface area contributed by atoms with Crippen LogP contribution < -0.4 is 0 Å². The third-order valence-electron chi connectivity index (χ3n) is 4.59. The molecule has 2 saturated heterocycles. The maximum atomic E-state index is 12.5. The zero-order valence-electron chi connectivity index (χ0n) is 13.2. The maximum absolute atomic E-state index is 12.5. The standard InChI is InChI=1S/C15H22N2O4S2/c1-2-23(19,20)17-7-8-21-11-12-10-16(6-5-13(12)17)15(18)14-4-3-9-22-14/h3-4,9,12-13H,2,5-8,10-11H2,1H3/t12-,13-/m1/s1. The van der Waals surface area contributed by atoms with Crippen LogP contribution in [-0.2, 0) is 14.8 Å². The second-order valence-electron chi connectivity index (χ2n) is 5.93. The van der Waals surface area contributed by atoms with Gasteiger partial charge in [-0.1, -0.05) is 6.07 Å². The Bertz CT molecular complexity index is 644. The number of carbonyl (C=O) groups excluding carboxylic acids is 1. The first-order valence-corrected chi connectivity index (χ1v) is 10.4. The first kappa shape index (κ1) is 16.9. The molecule has 0 N–H and O–H groups in total. The van der Waals surface area contributed by atoms with E-state index in [-0.39, 0.29) is 23.6 Å². The van der Waals surface area contributed by atoms with Crippen molar-refractivity contribution in [3.63, 3.8) is 0 Å². The van der Waals surface area contributed by atoms with Crippen molar-refractivity contribution in [2.75, 3.05) is 38.6 Å². The third-order valence-corrected chi connectivity index (χ3v) is 7.35. The number of likely N-dealkylation sites (tertiary alicyclic amines) is 1. The average Bonchev–Trinajstić information content (AvgIpc) is 3.00. The topological polar surface area (TPSA) is 66.9 Å². The molecule has 1 aromatic rings. The van der Waals surface area contributed by atoms with Crippen LogP contribution in [0.3, 0.4) is 0 Å². The van der Waals surface area contributed by atoms with Crippen molar-refractivity contribution in [3.8, 4) is 0 Å². The van der Waals surface area contributed by atoms with Gasteiger partial charge in [0.05, 0.1) is 23.8 Å². The fourth-order valence-corrected chi connectivity index (χ4v) is 5.43. The summed E-state index contributed by atoms with van der Waals surface area (Å²) in [6.45, 7) is 4.16. The molecule has 2 atom stereocenters. The second kappa shape index (κ2) is 6.88. The van der Waals surface area contributed by atoms with Gasteiger partial charge in [-0.2, -0.15) is 4.31 Å². The molecule has 0 radical (unpaired) electrons. The Morgan fingerprint density at radius 1 is 1.43 bits per heavy atom. The normalized spacial score (nSPS) is 26.6. The van der Waals surface area contributed by atoms with Crippen molar-refractivity contribution in [2.24, 2.45) is 5.92 Å². The molecule has 2 fully saturated rings. The number of fused-ring (bicyclic) bond motifs is 1. The number of thiophene rings is 1. The molecule has 8 heteroatoms. The number of nitrogens with zero attached hydrogens (tertiary/aromatic N) is 2. The molecule has 1 amide bonds. The summed E-state index contributed by atoms with van der Waals surface area (Å²) < 4.78 is 31.9. The third kappa shape index (κ3) is 3.45. The number of piperidine rings is 1. The summed E-state index contributed by atoms with van der Waals surface area (Å²) in [5.41, 5.74) is 0. The van der Waals surface area contributed by atoms with Crippen LogP contribution in [0.15, 0.2) is 17.5 Å². The van der Waals surface area contributed by atoms with Gasteiger partial charge in [-0.25, -0.2) is 8.42 Å². The first-order chi connectivity index (χ1) is 11.0. The van der Waals surface area contributed by atoms with Crippen LogP contribution in [0.2, 0.25) is 0 Å². The monoisotopic (exact) mass is 358 g/mol. The van der Waals surface area contributed by atoms with Crippen molar-refractivity contribution in [1.82, 2.24) is 9.21 Å². The van der Waals surface area contributed by atoms with E-state index < -0.39 is 10.0 Å². The van der Waals surface area contributed by atoms with Crippen molar-refractivity contribution < 1.29 is 17.9 Å². The fraction of sp³-hybridized carbons (Fsp3) is 0.667. The lowest BCUT2D eigenvalue weighted by Gasteiger charge is -2.41. The lowest BCUT2D eigenvalue weighted by atomic mass is 9.92. The second-order valence-corrected chi connectivity index (χ2v) is 9.09. The molecule has 0 unspecified atom stereocenters. The predicted octanol–water partition coefficient (Wildman–Crippen LogP) is 1.26. The molecule has 23 heavy (non-hydrogen) atoms. The van der Waals surface area contributed by atoms with Gasteiger partial charge in [-0.3, -0.25) is 4.79 Å². The molecule has 3 rings (SSSR count). The minimum absolute atomic E-state index is 0.0348. The van der Waals surface area contributed by atoms with Crippen LogP contribution in [-0.4, -0.2) is 68.2 Å². The van der Waals surface area contributed by atoms with E-state index in [0.717, 1.165) is 4.88 Å². The predicted molar refractivity (Wildman–Crippen MR) is 89.1 cm³/mol.